The van der Waals surface area contributed by atoms with E-state index in [2.05, 4.69) is 44.9 Å². The molecule has 1 aromatic carbocycles. The van der Waals surface area contributed by atoms with E-state index in [1.165, 1.54) is 5.56 Å². The van der Waals surface area contributed by atoms with Crippen LogP contribution in [0.2, 0.25) is 0 Å². The van der Waals surface area contributed by atoms with Crippen molar-refractivity contribution < 1.29 is 13.2 Å². The van der Waals surface area contributed by atoms with Crippen molar-refractivity contribution >= 4 is 17.3 Å². The van der Waals surface area contributed by atoms with E-state index in [4.69, 9.17) is 0 Å². The van der Waals surface area contributed by atoms with Gasteiger partial charge in [-0.2, -0.15) is 13.2 Å². The minimum Gasteiger partial charge on any atom is -0.356 e. The molecule has 2 atom stereocenters. The van der Waals surface area contributed by atoms with Crippen molar-refractivity contribution in [3.63, 3.8) is 0 Å². The zero-order valence-corrected chi connectivity index (χ0v) is 15.2. The van der Waals surface area contributed by atoms with E-state index in [-0.39, 0.29) is 0 Å². The minimum absolute atomic E-state index is 0.428. The van der Waals surface area contributed by atoms with E-state index in [9.17, 15) is 13.2 Å². The summed E-state index contributed by atoms with van der Waals surface area (Å²) in [7, 11) is 1.68. The topological polar surface area (TPSA) is 49.3 Å². The van der Waals surface area contributed by atoms with Crippen LogP contribution in [0.3, 0.4) is 0 Å². The fraction of sp³-hybridized carbons (Fsp3) is 0.444. The maximum atomic E-state index is 12.5. The van der Waals surface area contributed by atoms with Gasteiger partial charge < -0.3 is 10.6 Å². The third-order valence-corrected chi connectivity index (χ3v) is 5.29. The highest BCUT2D eigenvalue weighted by atomic mass is 32.1. The van der Waals surface area contributed by atoms with Gasteiger partial charge in [-0.25, -0.2) is 4.98 Å². The standard InChI is InChI=1S/C18H21F3N4S/c1-22-17(23-8-7-16-25-15(11-26-16)18(19,20)21)24-10-13-9-14(13)12-5-3-2-4-6-12/h2-6,11,13-14H,7-10H2,1H3,(H2,22,23,24). The van der Waals surface area contributed by atoms with Gasteiger partial charge >= 0.3 is 6.18 Å². The fourth-order valence-corrected chi connectivity index (χ4v) is 3.68. The summed E-state index contributed by atoms with van der Waals surface area (Å²) < 4.78 is 37.6. The Labute approximate surface area is 154 Å². The number of rotatable bonds is 6. The summed E-state index contributed by atoms with van der Waals surface area (Å²) in [5.41, 5.74) is 0.548. The number of nitrogens with zero attached hydrogens (tertiary/aromatic N) is 2. The molecule has 3 rings (SSSR count). The number of aliphatic imine (C=N–C) groups is 1. The Kier molecular flexibility index (Phi) is 5.80. The lowest BCUT2D eigenvalue weighted by Crippen LogP contribution is -2.39. The lowest BCUT2D eigenvalue weighted by atomic mass is 10.1. The van der Waals surface area contributed by atoms with Crippen LogP contribution in [0.5, 0.6) is 0 Å². The zero-order valence-electron chi connectivity index (χ0n) is 14.4. The normalized spacial score (nSPS) is 20.1. The van der Waals surface area contributed by atoms with Crippen molar-refractivity contribution in [3.8, 4) is 0 Å². The molecular formula is C18H21F3N4S. The molecule has 4 nitrogen and oxygen atoms in total. The molecule has 26 heavy (non-hydrogen) atoms. The lowest BCUT2D eigenvalue weighted by Gasteiger charge is -2.11. The van der Waals surface area contributed by atoms with Crippen LogP contribution in [0.4, 0.5) is 13.2 Å². The largest absolute Gasteiger partial charge is 0.434 e. The van der Waals surface area contributed by atoms with Crippen molar-refractivity contribution in [3.05, 3.63) is 52.0 Å². The van der Waals surface area contributed by atoms with Gasteiger partial charge in [-0.15, -0.1) is 11.3 Å². The second kappa shape index (κ2) is 8.07. The highest BCUT2D eigenvalue weighted by Gasteiger charge is 2.37. The molecule has 2 N–H and O–H groups in total. The second-order valence-corrected chi connectivity index (χ2v) is 7.21. The van der Waals surface area contributed by atoms with Crippen LogP contribution in [0.15, 0.2) is 40.7 Å². The molecule has 0 bridgehead atoms. The molecule has 1 aromatic heterocycles. The summed E-state index contributed by atoms with van der Waals surface area (Å²) in [6.45, 7) is 1.31. The quantitative estimate of drug-likeness (QED) is 0.592. The second-order valence-electron chi connectivity index (χ2n) is 6.27. The number of halogens is 3. The van der Waals surface area contributed by atoms with Crippen molar-refractivity contribution in [2.45, 2.75) is 24.9 Å². The molecule has 0 saturated heterocycles. The monoisotopic (exact) mass is 382 g/mol. The third-order valence-electron chi connectivity index (χ3n) is 4.38. The first kappa shape index (κ1) is 18.7. The van der Waals surface area contributed by atoms with Gasteiger partial charge in [0.1, 0.15) is 0 Å². The first-order valence-corrected chi connectivity index (χ1v) is 9.36. The van der Waals surface area contributed by atoms with Crippen molar-refractivity contribution in [1.29, 1.82) is 0 Å². The highest BCUT2D eigenvalue weighted by molar-refractivity contribution is 7.09. The Hall–Kier alpha value is -2.09. The molecule has 140 valence electrons. The van der Waals surface area contributed by atoms with Crippen LogP contribution >= 0.6 is 11.3 Å². The molecule has 8 heteroatoms. The maximum absolute atomic E-state index is 12.5. The van der Waals surface area contributed by atoms with Gasteiger partial charge in [0.2, 0.25) is 0 Å². The van der Waals surface area contributed by atoms with Gasteiger partial charge in [0, 0.05) is 31.9 Å². The Bertz CT molecular complexity index is 742. The summed E-state index contributed by atoms with van der Waals surface area (Å²) >= 11 is 1.03. The number of hydrogen-bond donors (Lipinski definition) is 2. The Morgan fingerprint density at radius 2 is 2.04 bits per heavy atom. The predicted octanol–water partition coefficient (Wildman–Crippen LogP) is 3.67. The molecule has 1 fully saturated rings. The summed E-state index contributed by atoms with van der Waals surface area (Å²) in [6.07, 6.45) is -2.79. The molecule has 0 radical (unpaired) electrons. The summed E-state index contributed by atoms with van der Waals surface area (Å²) in [4.78, 5) is 7.78. The number of aromatic nitrogens is 1. The van der Waals surface area contributed by atoms with Gasteiger partial charge in [0.15, 0.2) is 11.7 Å². The molecule has 2 unspecified atom stereocenters. The number of benzene rings is 1. The fourth-order valence-electron chi connectivity index (χ4n) is 2.87. The smallest absolute Gasteiger partial charge is 0.356 e. The molecule has 1 saturated carbocycles. The minimum atomic E-state index is -4.38. The van der Waals surface area contributed by atoms with Crippen LogP contribution in [0.1, 0.15) is 28.6 Å². The van der Waals surface area contributed by atoms with Crippen LogP contribution in [-0.4, -0.2) is 31.1 Å². The van der Waals surface area contributed by atoms with Crippen LogP contribution < -0.4 is 10.6 Å². The number of alkyl halides is 3. The predicted molar refractivity (Wildman–Crippen MR) is 97.5 cm³/mol. The number of guanidine groups is 1. The molecule has 0 amide bonds. The lowest BCUT2D eigenvalue weighted by molar-refractivity contribution is -0.140. The summed E-state index contributed by atoms with van der Waals surface area (Å²) in [6, 6.07) is 10.4. The van der Waals surface area contributed by atoms with E-state index in [0.29, 0.717) is 35.8 Å². The Balaban J connectivity index is 1.38. The van der Waals surface area contributed by atoms with E-state index >= 15 is 0 Å². The van der Waals surface area contributed by atoms with Crippen LogP contribution in [0.25, 0.3) is 0 Å². The SMILES string of the molecule is CN=C(NCCc1nc(C(F)(F)F)cs1)NCC1CC1c1ccccc1. The molecule has 2 aromatic rings. The van der Waals surface area contributed by atoms with Gasteiger partial charge in [0.25, 0.3) is 0 Å². The summed E-state index contributed by atoms with van der Waals surface area (Å²) in [5, 5.41) is 7.94. The van der Waals surface area contributed by atoms with Gasteiger partial charge in [0.05, 0.1) is 5.01 Å². The van der Waals surface area contributed by atoms with Gasteiger partial charge in [-0.1, -0.05) is 30.3 Å². The number of nitrogens with one attached hydrogen (secondary N) is 2. The first-order valence-electron chi connectivity index (χ1n) is 8.48. The van der Waals surface area contributed by atoms with E-state index in [1.807, 2.05) is 6.07 Å². The van der Waals surface area contributed by atoms with Gasteiger partial charge in [-0.3, -0.25) is 4.99 Å². The van der Waals surface area contributed by atoms with Gasteiger partial charge in [-0.05, 0) is 23.8 Å². The van der Waals surface area contributed by atoms with E-state index in [0.717, 1.165) is 29.7 Å². The number of hydrogen-bond acceptors (Lipinski definition) is 3. The van der Waals surface area contributed by atoms with E-state index in [1.54, 1.807) is 7.05 Å². The average molecular weight is 382 g/mol. The van der Waals surface area contributed by atoms with Crippen LogP contribution in [0, 0.1) is 5.92 Å². The molecule has 1 heterocycles. The average Bonchev–Trinajstić information content (AvgIpc) is 3.24. The first-order chi connectivity index (χ1) is 12.5. The molecule has 1 aliphatic rings. The summed E-state index contributed by atoms with van der Waals surface area (Å²) in [5.74, 6) is 1.85. The Morgan fingerprint density at radius 1 is 1.27 bits per heavy atom. The highest BCUT2D eigenvalue weighted by Crippen LogP contribution is 2.46. The third kappa shape index (κ3) is 4.97. The molecule has 0 aliphatic heterocycles. The Morgan fingerprint density at radius 3 is 2.69 bits per heavy atom. The molecular weight excluding hydrogens is 361 g/mol. The van der Waals surface area contributed by atoms with E-state index < -0.39 is 11.9 Å². The van der Waals surface area contributed by atoms with Crippen molar-refractivity contribution in [2.75, 3.05) is 20.1 Å². The maximum Gasteiger partial charge on any atom is 0.434 e. The van der Waals surface area contributed by atoms with Crippen LogP contribution in [-0.2, 0) is 12.6 Å². The molecule has 1 aliphatic carbocycles. The molecule has 0 spiro atoms. The zero-order chi connectivity index (χ0) is 18.6. The van der Waals surface area contributed by atoms with Crippen molar-refractivity contribution in [1.82, 2.24) is 15.6 Å². The van der Waals surface area contributed by atoms with Crippen molar-refractivity contribution in [2.24, 2.45) is 10.9 Å². The number of thiazole rings is 1.